The van der Waals surface area contributed by atoms with Crippen molar-refractivity contribution in [2.45, 2.75) is 37.6 Å². The Morgan fingerprint density at radius 3 is 2.56 bits per heavy atom. The minimum atomic E-state index is -0.762. The summed E-state index contributed by atoms with van der Waals surface area (Å²) in [5.74, 6) is 0.597. The molecule has 0 bridgehead atoms. The first kappa shape index (κ1) is 21.5. The number of carbonyl (C=O) groups excluding carboxylic acids is 2. The number of pyridine rings is 1. The number of rotatable bonds is 3. The predicted molar refractivity (Wildman–Crippen MR) is 103 cm³/mol. The largest absolute Gasteiger partial charge is 0.353 e. The van der Waals surface area contributed by atoms with E-state index >= 15 is 0 Å². The molecule has 0 atom stereocenters. The fraction of sp³-hybridized carbons (Fsp3) is 0.562. The number of hydrogen-bond donors (Lipinski definition) is 3. The quantitative estimate of drug-likeness (QED) is 0.726. The van der Waals surface area contributed by atoms with E-state index in [4.69, 9.17) is 5.73 Å². The van der Waals surface area contributed by atoms with Crippen molar-refractivity contribution in [2.75, 3.05) is 29.9 Å². The summed E-state index contributed by atoms with van der Waals surface area (Å²) in [6, 6.07) is 3.62. The van der Waals surface area contributed by atoms with Crippen LogP contribution in [0.2, 0.25) is 0 Å². The summed E-state index contributed by atoms with van der Waals surface area (Å²) in [6.07, 6.45) is 6.22. The van der Waals surface area contributed by atoms with Crippen molar-refractivity contribution in [3.05, 3.63) is 18.3 Å². The van der Waals surface area contributed by atoms with E-state index in [9.17, 15) is 9.59 Å². The first-order chi connectivity index (χ1) is 11.1. The van der Waals surface area contributed by atoms with Gasteiger partial charge in [0.2, 0.25) is 11.8 Å². The summed E-state index contributed by atoms with van der Waals surface area (Å²) in [6.45, 7) is 1.66. The van der Waals surface area contributed by atoms with Gasteiger partial charge in [0.15, 0.2) is 0 Å². The first-order valence-electron chi connectivity index (χ1n) is 8.15. The van der Waals surface area contributed by atoms with Gasteiger partial charge in [-0.15, -0.1) is 24.8 Å². The molecule has 1 aromatic rings. The second-order valence-corrected chi connectivity index (χ2v) is 6.35. The van der Waals surface area contributed by atoms with Crippen LogP contribution in [0.15, 0.2) is 18.3 Å². The Morgan fingerprint density at radius 2 is 1.96 bits per heavy atom. The number of nitrogens with two attached hydrogens (primary N) is 1. The smallest absolute Gasteiger partial charge is 0.244 e. The van der Waals surface area contributed by atoms with Gasteiger partial charge in [-0.25, -0.2) is 4.98 Å². The van der Waals surface area contributed by atoms with Crippen molar-refractivity contribution in [1.82, 2.24) is 10.3 Å². The van der Waals surface area contributed by atoms with Crippen molar-refractivity contribution >= 4 is 48.1 Å². The molecule has 0 spiro atoms. The Hall–Kier alpha value is -1.57. The maximum absolute atomic E-state index is 12.4. The number of nitrogens with zero attached hydrogens (tertiary/aromatic N) is 2. The zero-order chi connectivity index (χ0) is 16.3. The molecule has 25 heavy (non-hydrogen) atoms. The molecule has 1 aliphatic heterocycles. The van der Waals surface area contributed by atoms with Crippen LogP contribution in [0.25, 0.3) is 0 Å². The normalized spacial score (nSPS) is 19.1. The van der Waals surface area contributed by atoms with Crippen LogP contribution in [-0.4, -0.2) is 42.0 Å². The van der Waals surface area contributed by atoms with Gasteiger partial charge in [0.1, 0.15) is 5.82 Å². The molecular weight excluding hydrogens is 365 g/mol. The van der Waals surface area contributed by atoms with Crippen molar-refractivity contribution in [2.24, 2.45) is 5.73 Å². The van der Waals surface area contributed by atoms with Gasteiger partial charge in [-0.3, -0.25) is 9.59 Å². The van der Waals surface area contributed by atoms with E-state index in [1.165, 1.54) is 0 Å². The molecule has 2 amide bonds. The molecule has 2 aliphatic rings. The standard InChI is InChI=1S/C16H23N5O2.2ClH/c17-16(6-2-1-3-7-16)15(23)20-12-4-5-13(19-10-12)21-9-8-18-14(22)11-21;;/h4-5,10H,1-3,6-9,11,17H2,(H,18,22)(H,20,23);2*1H. The van der Waals surface area contributed by atoms with Gasteiger partial charge in [0.25, 0.3) is 0 Å². The van der Waals surface area contributed by atoms with E-state index in [-0.39, 0.29) is 36.6 Å². The molecule has 1 saturated carbocycles. The molecule has 9 heteroatoms. The van der Waals surface area contributed by atoms with Gasteiger partial charge < -0.3 is 21.3 Å². The number of halogens is 2. The van der Waals surface area contributed by atoms with Crippen molar-refractivity contribution in [3.8, 4) is 0 Å². The van der Waals surface area contributed by atoms with Gasteiger partial charge in [-0.05, 0) is 25.0 Å². The van der Waals surface area contributed by atoms with Crippen molar-refractivity contribution < 1.29 is 9.59 Å². The maximum atomic E-state index is 12.4. The Kier molecular flexibility index (Phi) is 7.92. The van der Waals surface area contributed by atoms with Gasteiger partial charge in [0, 0.05) is 13.1 Å². The molecule has 2 fully saturated rings. The zero-order valence-electron chi connectivity index (χ0n) is 14.0. The average Bonchev–Trinajstić information content (AvgIpc) is 2.56. The fourth-order valence-electron chi connectivity index (χ4n) is 3.15. The minimum absolute atomic E-state index is 0. The third kappa shape index (κ3) is 5.20. The van der Waals surface area contributed by atoms with Crippen LogP contribution in [0.4, 0.5) is 11.5 Å². The van der Waals surface area contributed by atoms with Crippen LogP contribution < -0.4 is 21.3 Å². The van der Waals surface area contributed by atoms with Crippen molar-refractivity contribution in [1.29, 1.82) is 0 Å². The van der Waals surface area contributed by atoms with Crippen LogP contribution in [0.1, 0.15) is 32.1 Å². The highest BCUT2D eigenvalue weighted by atomic mass is 35.5. The average molecular weight is 390 g/mol. The Morgan fingerprint density at radius 1 is 1.24 bits per heavy atom. The lowest BCUT2D eigenvalue weighted by molar-refractivity contribution is -0.122. The summed E-state index contributed by atoms with van der Waals surface area (Å²) in [4.78, 5) is 30.1. The van der Waals surface area contributed by atoms with E-state index < -0.39 is 5.54 Å². The number of anilines is 2. The second-order valence-electron chi connectivity index (χ2n) is 6.35. The Bertz CT molecular complexity index is 591. The third-order valence-electron chi connectivity index (χ3n) is 4.57. The van der Waals surface area contributed by atoms with Crippen molar-refractivity contribution in [3.63, 3.8) is 0 Å². The van der Waals surface area contributed by atoms with Gasteiger partial charge >= 0.3 is 0 Å². The van der Waals surface area contributed by atoms with Crippen LogP contribution in [0.3, 0.4) is 0 Å². The molecule has 1 aliphatic carbocycles. The second kappa shape index (κ2) is 9.22. The first-order valence-corrected chi connectivity index (χ1v) is 8.15. The molecule has 2 heterocycles. The molecule has 4 N–H and O–H groups in total. The summed E-state index contributed by atoms with van der Waals surface area (Å²) in [7, 11) is 0. The molecule has 1 aromatic heterocycles. The number of amides is 2. The summed E-state index contributed by atoms with van der Waals surface area (Å²) in [5, 5.41) is 5.65. The molecule has 0 radical (unpaired) electrons. The number of aromatic nitrogens is 1. The number of hydrogen-bond acceptors (Lipinski definition) is 5. The topological polar surface area (TPSA) is 100 Å². The SMILES string of the molecule is Cl.Cl.NC1(C(=O)Nc2ccc(N3CCNC(=O)C3)nc2)CCCCC1. The lowest BCUT2D eigenvalue weighted by Crippen LogP contribution is -2.52. The van der Waals surface area contributed by atoms with Gasteiger partial charge in [-0.1, -0.05) is 19.3 Å². The zero-order valence-corrected chi connectivity index (χ0v) is 15.6. The highest BCUT2D eigenvalue weighted by Crippen LogP contribution is 2.27. The number of carbonyl (C=O) groups is 2. The molecule has 3 rings (SSSR count). The molecule has 7 nitrogen and oxygen atoms in total. The third-order valence-corrected chi connectivity index (χ3v) is 4.57. The van der Waals surface area contributed by atoms with Crippen LogP contribution in [0.5, 0.6) is 0 Å². The monoisotopic (exact) mass is 389 g/mol. The van der Waals surface area contributed by atoms with Gasteiger partial charge in [0.05, 0.1) is 24.0 Å². The predicted octanol–water partition coefficient (Wildman–Crippen LogP) is 1.46. The molecule has 1 saturated heterocycles. The fourth-order valence-corrected chi connectivity index (χ4v) is 3.15. The van der Waals surface area contributed by atoms with E-state index in [2.05, 4.69) is 15.6 Å². The highest BCUT2D eigenvalue weighted by molar-refractivity contribution is 5.98. The van der Waals surface area contributed by atoms with E-state index in [1.54, 1.807) is 12.3 Å². The highest BCUT2D eigenvalue weighted by Gasteiger charge is 2.35. The van der Waals surface area contributed by atoms with E-state index in [0.29, 0.717) is 18.8 Å². The van der Waals surface area contributed by atoms with E-state index in [0.717, 1.165) is 44.5 Å². The van der Waals surface area contributed by atoms with Crippen LogP contribution in [-0.2, 0) is 9.59 Å². The summed E-state index contributed by atoms with van der Waals surface area (Å²) in [5.41, 5.74) is 6.10. The summed E-state index contributed by atoms with van der Waals surface area (Å²) < 4.78 is 0. The van der Waals surface area contributed by atoms with Gasteiger partial charge in [-0.2, -0.15) is 0 Å². The number of nitrogens with one attached hydrogen (secondary N) is 2. The number of piperazine rings is 1. The van der Waals surface area contributed by atoms with Crippen LogP contribution >= 0.6 is 24.8 Å². The molecular formula is C16H25Cl2N5O2. The Balaban J connectivity index is 0.00000156. The van der Waals surface area contributed by atoms with E-state index in [1.807, 2.05) is 11.0 Å². The Labute approximate surface area is 159 Å². The lowest BCUT2D eigenvalue weighted by atomic mass is 9.82. The minimum Gasteiger partial charge on any atom is -0.353 e. The molecule has 140 valence electrons. The lowest BCUT2D eigenvalue weighted by Gasteiger charge is -2.31. The maximum Gasteiger partial charge on any atom is 0.244 e. The summed E-state index contributed by atoms with van der Waals surface area (Å²) >= 11 is 0. The molecule has 0 aromatic carbocycles. The van der Waals surface area contributed by atoms with Crippen LogP contribution in [0, 0.1) is 0 Å². The molecule has 0 unspecified atom stereocenters.